The van der Waals surface area contributed by atoms with E-state index >= 15 is 0 Å². The third-order valence-electron chi connectivity index (χ3n) is 1.72. The summed E-state index contributed by atoms with van der Waals surface area (Å²) in [5.74, 6) is 0.412. The number of oxazole rings is 1. The summed E-state index contributed by atoms with van der Waals surface area (Å²) in [6.07, 6.45) is 0.175. The van der Waals surface area contributed by atoms with Gasteiger partial charge in [0.2, 0.25) is 5.89 Å². The Labute approximate surface area is 74.6 Å². The number of aromatic nitrogens is 1. The zero-order valence-corrected chi connectivity index (χ0v) is 6.82. The third-order valence-corrected chi connectivity index (χ3v) is 1.72. The minimum Gasteiger partial charge on any atom is -0.437 e. The average molecular weight is 173 g/mol. The van der Waals surface area contributed by atoms with Crippen LogP contribution in [-0.2, 0) is 6.42 Å². The molecule has 0 aliphatic heterocycles. The number of anilines is 1. The molecule has 0 unspecified atom stereocenters. The number of nitrogen functional groups attached to an aromatic ring is 1. The van der Waals surface area contributed by atoms with Crippen LogP contribution in [0.1, 0.15) is 5.89 Å². The molecule has 0 amide bonds. The van der Waals surface area contributed by atoms with Crippen LogP contribution in [0.4, 0.5) is 5.69 Å². The molecule has 1 aromatic carbocycles. The SMILES string of the molecule is N#CCc1nc2cccc(N)c2o1. The molecule has 1 aromatic heterocycles. The van der Waals surface area contributed by atoms with E-state index in [0.29, 0.717) is 22.7 Å². The summed E-state index contributed by atoms with van der Waals surface area (Å²) in [5.41, 5.74) is 7.46. The molecular formula is C9H7N3O. The number of benzene rings is 1. The van der Waals surface area contributed by atoms with Crippen LogP contribution in [0.5, 0.6) is 0 Å². The van der Waals surface area contributed by atoms with Crippen LogP contribution >= 0.6 is 0 Å². The van der Waals surface area contributed by atoms with Gasteiger partial charge in [-0.15, -0.1) is 0 Å². The number of hydrogen-bond donors (Lipinski definition) is 1. The maximum Gasteiger partial charge on any atom is 0.209 e. The largest absolute Gasteiger partial charge is 0.437 e. The second-order valence-electron chi connectivity index (χ2n) is 2.64. The Bertz CT molecular complexity index is 481. The van der Waals surface area contributed by atoms with Gasteiger partial charge < -0.3 is 10.2 Å². The summed E-state index contributed by atoms with van der Waals surface area (Å²) in [5, 5.41) is 8.43. The minimum atomic E-state index is 0.175. The number of nitrogens with two attached hydrogens (primary N) is 1. The third kappa shape index (κ3) is 1.20. The molecule has 0 aliphatic carbocycles. The molecule has 4 nitrogen and oxygen atoms in total. The minimum absolute atomic E-state index is 0.175. The van der Waals surface area contributed by atoms with Crippen molar-refractivity contribution < 1.29 is 4.42 Å². The van der Waals surface area contributed by atoms with Crippen LogP contribution in [0.15, 0.2) is 22.6 Å². The maximum absolute atomic E-state index is 8.43. The zero-order valence-electron chi connectivity index (χ0n) is 6.82. The summed E-state index contributed by atoms with van der Waals surface area (Å²) in [4.78, 5) is 4.09. The molecule has 0 spiro atoms. The highest BCUT2D eigenvalue weighted by atomic mass is 16.3. The van der Waals surface area contributed by atoms with Crippen molar-refractivity contribution in [1.82, 2.24) is 4.98 Å². The average Bonchev–Trinajstić information content (AvgIpc) is 2.49. The van der Waals surface area contributed by atoms with Crippen molar-refractivity contribution in [2.24, 2.45) is 0 Å². The Morgan fingerprint density at radius 1 is 1.54 bits per heavy atom. The first-order valence-electron chi connectivity index (χ1n) is 3.82. The Morgan fingerprint density at radius 3 is 3.08 bits per heavy atom. The van der Waals surface area contributed by atoms with Gasteiger partial charge in [-0.05, 0) is 12.1 Å². The molecule has 0 aliphatic rings. The highest BCUT2D eigenvalue weighted by Gasteiger charge is 2.06. The number of hydrogen-bond acceptors (Lipinski definition) is 4. The maximum atomic E-state index is 8.43. The number of fused-ring (bicyclic) bond motifs is 1. The molecule has 0 fully saturated rings. The number of para-hydroxylation sites is 1. The molecule has 0 radical (unpaired) electrons. The monoisotopic (exact) mass is 173 g/mol. The molecule has 0 saturated heterocycles. The molecule has 0 atom stereocenters. The molecule has 2 rings (SSSR count). The summed E-state index contributed by atoms with van der Waals surface area (Å²) < 4.78 is 5.28. The van der Waals surface area contributed by atoms with E-state index in [1.165, 1.54) is 0 Å². The topological polar surface area (TPSA) is 75.8 Å². The molecule has 4 heteroatoms. The number of nitrogens with zero attached hydrogens (tertiary/aromatic N) is 2. The second-order valence-corrected chi connectivity index (χ2v) is 2.64. The van der Waals surface area contributed by atoms with E-state index in [0.717, 1.165) is 0 Å². The van der Waals surface area contributed by atoms with Crippen LogP contribution in [-0.4, -0.2) is 4.98 Å². The fourth-order valence-electron chi connectivity index (χ4n) is 1.16. The molecule has 1 heterocycles. The highest BCUT2D eigenvalue weighted by molar-refractivity contribution is 5.84. The van der Waals surface area contributed by atoms with Gasteiger partial charge in [-0.2, -0.15) is 5.26 Å². The summed E-state index contributed by atoms with van der Waals surface area (Å²) in [6, 6.07) is 7.31. The summed E-state index contributed by atoms with van der Waals surface area (Å²) in [7, 11) is 0. The first-order valence-corrected chi connectivity index (χ1v) is 3.82. The normalized spacial score (nSPS) is 10.1. The molecule has 64 valence electrons. The van der Waals surface area contributed by atoms with E-state index < -0.39 is 0 Å². The van der Waals surface area contributed by atoms with Crippen LogP contribution < -0.4 is 5.73 Å². The van der Waals surface area contributed by atoms with E-state index in [2.05, 4.69) is 4.98 Å². The second kappa shape index (κ2) is 2.79. The molecule has 13 heavy (non-hydrogen) atoms. The first-order chi connectivity index (χ1) is 6.31. The molecule has 0 bridgehead atoms. The Hall–Kier alpha value is -2.02. The van der Waals surface area contributed by atoms with E-state index in [1.54, 1.807) is 18.2 Å². The fourth-order valence-corrected chi connectivity index (χ4v) is 1.16. The van der Waals surface area contributed by atoms with Gasteiger partial charge >= 0.3 is 0 Å². The van der Waals surface area contributed by atoms with Crippen molar-refractivity contribution in [3.8, 4) is 6.07 Å². The lowest BCUT2D eigenvalue weighted by Gasteiger charge is -1.89. The highest BCUT2D eigenvalue weighted by Crippen LogP contribution is 2.21. The number of rotatable bonds is 1. The van der Waals surface area contributed by atoms with E-state index in [-0.39, 0.29) is 6.42 Å². The van der Waals surface area contributed by atoms with Gasteiger partial charge in [0.15, 0.2) is 5.58 Å². The zero-order chi connectivity index (χ0) is 9.26. The van der Waals surface area contributed by atoms with Gasteiger partial charge in [-0.3, -0.25) is 0 Å². The Kier molecular flexibility index (Phi) is 1.64. The standard InChI is InChI=1S/C9H7N3O/c10-5-4-8-12-7-3-1-2-6(11)9(7)13-8/h1-3H,4,11H2. The lowest BCUT2D eigenvalue weighted by molar-refractivity contribution is 0.549. The lowest BCUT2D eigenvalue weighted by Crippen LogP contribution is -1.82. The molecule has 0 saturated carbocycles. The Morgan fingerprint density at radius 2 is 2.38 bits per heavy atom. The van der Waals surface area contributed by atoms with Gasteiger partial charge in [-0.1, -0.05) is 6.07 Å². The van der Waals surface area contributed by atoms with Crippen molar-refractivity contribution in [1.29, 1.82) is 5.26 Å². The van der Waals surface area contributed by atoms with Crippen LogP contribution in [0.3, 0.4) is 0 Å². The van der Waals surface area contributed by atoms with Gasteiger partial charge in [0.25, 0.3) is 0 Å². The first kappa shape index (κ1) is 7.62. The van der Waals surface area contributed by atoms with Crippen LogP contribution in [0.25, 0.3) is 11.1 Å². The van der Waals surface area contributed by atoms with E-state index in [4.69, 9.17) is 15.4 Å². The number of nitriles is 1. The van der Waals surface area contributed by atoms with Crippen LogP contribution in [0, 0.1) is 11.3 Å². The summed E-state index contributed by atoms with van der Waals surface area (Å²) >= 11 is 0. The molecule has 2 N–H and O–H groups in total. The lowest BCUT2D eigenvalue weighted by atomic mass is 10.3. The van der Waals surface area contributed by atoms with Crippen molar-refractivity contribution in [3.05, 3.63) is 24.1 Å². The van der Waals surface area contributed by atoms with Crippen molar-refractivity contribution in [3.63, 3.8) is 0 Å². The van der Waals surface area contributed by atoms with E-state index in [9.17, 15) is 0 Å². The molecular weight excluding hydrogens is 166 g/mol. The summed E-state index contributed by atoms with van der Waals surface area (Å²) in [6.45, 7) is 0. The predicted molar refractivity (Wildman–Crippen MR) is 47.7 cm³/mol. The fraction of sp³-hybridized carbons (Fsp3) is 0.111. The van der Waals surface area contributed by atoms with Gasteiger partial charge in [0.1, 0.15) is 11.9 Å². The molecule has 2 aromatic rings. The van der Waals surface area contributed by atoms with Crippen molar-refractivity contribution >= 4 is 16.8 Å². The van der Waals surface area contributed by atoms with Crippen molar-refractivity contribution in [2.75, 3.05) is 5.73 Å². The van der Waals surface area contributed by atoms with Gasteiger partial charge in [0, 0.05) is 0 Å². The van der Waals surface area contributed by atoms with E-state index in [1.807, 2.05) is 6.07 Å². The van der Waals surface area contributed by atoms with Gasteiger partial charge in [0.05, 0.1) is 11.8 Å². The van der Waals surface area contributed by atoms with Crippen LogP contribution in [0.2, 0.25) is 0 Å². The quantitative estimate of drug-likeness (QED) is 0.662. The Balaban J connectivity index is 2.63. The predicted octanol–water partition coefficient (Wildman–Crippen LogP) is 1.48. The van der Waals surface area contributed by atoms with Crippen molar-refractivity contribution in [2.45, 2.75) is 6.42 Å². The smallest absolute Gasteiger partial charge is 0.209 e. The van der Waals surface area contributed by atoms with Gasteiger partial charge in [-0.25, -0.2) is 4.98 Å².